The maximum Gasteiger partial charge on any atom is 0.343 e. The van der Waals surface area contributed by atoms with Crippen molar-refractivity contribution in [2.75, 3.05) is 29.5 Å². The Balaban J connectivity index is 1.25. The second-order valence-corrected chi connectivity index (χ2v) is 10.9. The highest BCUT2D eigenvalue weighted by atomic mass is 16.5. The molecule has 2 aliphatic rings. The summed E-state index contributed by atoms with van der Waals surface area (Å²) in [6.07, 6.45) is 4.90. The smallest absolute Gasteiger partial charge is 0.343 e. The van der Waals surface area contributed by atoms with Crippen LogP contribution in [0.25, 0.3) is 10.8 Å². The Morgan fingerprint density at radius 2 is 1.52 bits per heavy atom. The number of benzene rings is 4. The molecule has 1 aliphatic heterocycles. The van der Waals surface area contributed by atoms with E-state index in [0.717, 1.165) is 18.8 Å². The first kappa shape index (κ1) is 27.5. The van der Waals surface area contributed by atoms with Crippen LogP contribution in [0.2, 0.25) is 0 Å². The quantitative estimate of drug-likeness (QED) is 0.121. The van der Waals surface area contributed by atoms with Gasteiger partial charge in [-0.3, -0.25) is 9.59 Å². The third-order valence-corrected chi connectivity index (χ3v) is 8.31. The third-order valence-electron chi connectivity index (χ3n) is 8.31. The van der Waals surface area contributed by atoms with Gasteiger partial charge < -0.3 is 14.4 Å². The zero-order valence-corrected chi connectivity index (χ0v) is 24.0. The zero-order valence-electron chi connectivity index (χ0n) is 24.0. The first-order valence-corrected chi connectivity index (χ1v) is 14.7. The van der Waals surface area contributed by atoms with E-state index in [0.29, 0.717) is 51.4 Å². The van der Waals surface area contributed by atoms with Crippen molar-refractivity contribution in [1.82, 2.24) is 0 Å². The number of rotatable bonds is 9. The minimum absolute atomic E-state index is 0.241. The van der Waals surface area contributed by atoms with Crippen molar-refractivity contribution in [3.63, 3.8) is 0 Å². The minimum Gasteiger partial charge on any atom is -0.493 e. The molecule has 0 unspecified atom stereocenters. The second-order valence-electron chi connectivity index (χ2n) is 10.9. The summed E-state index contributed by atoms with van der Waals surface area (Å²) in [6, 6.07) is 22.9. The predicted molar refractivity (Wildman–Crippen MR) is 164 cm³/mol. The average molecular weight is 563 g/mol. The standard InChI is InChI=1S/C35H34N2O5/c1-3-36(4-2)26-14-12-24(13-15-26)35(40)42-29-20-25-10-7-11-30-32(25)31(21-29)34(39)37(33(30)38)27-16-18-28(19-17-27)41-22-23-8-5-6-9-23/h7,10-21,23H,3-6,8-9,22H2,1-2H3. The van der Waals surface area contributed by atoms with Crippen LogP contribution < -0.4 is 19.3 Å². The highest BCUT2D eigenvalue weighted by molar-refractivity contribution is 6.36. The van der Waals surface area contributed by atoms with E-state index >= 15 is 0 Å². The normalized spacial score (nSPS) is 14.9. The van der Waals surface area contributed by atoms with Crippen LogP contribution in [-0.4, -0.2) is 37.5 Å². The Labute approximate surface area is 245 Å². The first-order valence-electron chi connectivity index (χ1n) is 14.7. The highest BCUT2D eigenvalue weighted by Crippen LogP contribution is 2.36. The molecule has 0 spiro atoms. The molecular formula is C35H34N2O5. The van der Waals surface area contributed by atoms with Gasteiger partial charge >= 0.3 is 5.97 Å². The molecule has 1 heterocycles. The summed E-state index contributed by atoms with van der Waals surface area (Å²) in [5.74, 6) is 0.158. The molecule has 2 amide bonds. The van der Waals surface area contributed by atoms with Gasteiger partial charge in [-0.2, -0.15) is 0 Å². The summed E-state index contributed by atoms with van der Waals surface area (Å²) in [5.41, 5.74) is 2.63. The number of hydrogen-bond acceptors (Lipinski definition) is 6. The van der Waals surface area contributed by atoms with Gasteiger partial charge in [0, 0.05) is 29.7 Å². The predicted octanol–water partition coefficient (Wildman–Crippen LogP) is 7.27. The number of hydrogen-bond donors (Lipinski definition) is 0. The molecule has 0 aromatic heterocycles. The molecule has 4 aromatic carbocycles. The largest absolute Gasteiger partial charge is 0.493 e. The van der Waals surface area contributed by atoms with E-state index in [1.54, 1.807) is 60.7 Å². The number of amides is 2. The van der Waals surface area contributed by atoms with E-state index in [1.807, 2.05) is 18.2 Å². The monoisotopic (exact) mass is 562 g/mol. The molecule has 214 valence electrons. The lowest BCUT2D eigenvalue weighted by Crippen LogP contribution is -2.40. The summed E-state index contributed by atoms with van der Waals surface area (Å²) >= 11 is 0. The molecule has 6 rings (SSSR count). The number of imide groups is 1. The maximum atomic E-state index is 13.8. The number of ether oxygens (including phenoxy) is 2. The molecule has 0 atom stereocenters. The van der Waals surface area contributed by atoms with Crippen LogP contribution in [0.4, 0.5) is 11.4 Å². The SMILES string of the molecule is CCN(CC)c1ccc(C(=O)Oc2cc3c4c(cccc4c2)C(=O)N(c2ccc(OCC4CCCC4)cc2)C3=O)cc1. The van der Waals surface area contributed by atoms with Crippen molar-refractivity contribution in [1.29, 1.82) is 0 Å². The molecule has 0 bridgehead atoms. The van der Waals surface area contributed by atoms with Crippen LogP contribution in [0, 0.1) is 5.92 Å². The van der Waals surface area contributed by atoms with Gasteiger partial charge in [-0.05, 0) is 105 Å². The van der Waals surface area contributed by atoms with Crippen LogP contribution in [0.3, 0.4) is 0 Å². The molecule has 1 saturated carbocycles. The van der Waals surface area contributed by atoms with Gasteiger partial charge in [-0.1, -0.05) is 25.0 Å². The minimum atomic E-state index is -0.520. The molecule has 7 heteroatoms. The van der Waals surface area contributed by atoms with Gasteiger partial charge in [0.05, 0.1) is 23.4 Å². The summed E-state index contributed by atoms with van der Waals surface area (Å²) in [6.45, 7) is 6.58. The number of anilines is 2. The fraction of sp³-hybridized carbons (Fsp3) is 0.286. The Hall–Kier alpha value is -4.65. The van der Waals surface area contributed by atoms with Crippen LogP contribution in [0.1, 0.15) is 70.6 Å². The van der Waals surface area contributed by atoms with Crippen molar-refractivity contribution in [2.24, 2.45) is 5.92 Å². The number of carbonyl (C=O) groups is 3. The number of esters is 1. The topological polar surface area (TPSA) is 76.2 Å². The molecule has 1 fully saturated rings. The van der Waals surface area contributed by atoms with Gasteiger partial charge in [-0.25, -0.2) is 9.69 Å². The first-order chi connectivity index (χ1) is 20.5. The molecule has 42 heavy (non-hydrogen) atoms. The Morgan fingerprint density at radius 3 is 2.21 bits per heavy atom. The molecule has 0 radical (unpaired) electrons. The molecule has 0 saturated heterocycles. The van der Waals surface area contributed by atoms with Crippen molar-refractivity contribution in [3.05, 3.63) is 95.6 Å². The molecule has 7 nitrogen and oxygen atoms in total. The van der Waals surface area contributed by atoms with Gasteiger partial charge in [0.15, 0.2) is 0 Å². The summed E-state index contributed by atoms with van der Waals surface area (Å²) in [7, 11) is 0. The highest BCUT2D eigenvalue weighted by Gasteiger charge is 2.34. The summed E-state index contributed by atoms with van der Waals surface area (Å²) < 4.78 is 11.7. The average Bonchev–Trinajstić information content (AvgIpc) is 3.54. The lowest BCUT2D eigenvalue weighted by Gasteiger charge is -2.27. The van der Waals surface area contributed by atoms with Gasteiger partial charge in [-0.15, -0.1) is 0 Å². The lowest BCUT2D eigenvalue weighted by atomic mass is 9.93. The van der Waals surface area contributed by atoms with E-state index in [1.165, 1.54) is 30.6 Å². The van der Waals surface area contributed by atoms with E-state index < -0.39 is 17.8 Å². The van der Waals surface area contributed by atoms with Gasteiger partial charge in [0.2, 0.25) is 0 Å². The molecular weight excluding hydrogens is 528 g/mol. The third kappa shape index (κ3) is 5.22. The van der Waals surface area contributed by atoms with Gasteiger partial charge in [0.25, 0.3) is 11.8 Å². The van der Waals surface area contributed by atoms with Crippen molar-refractivity contribution in [3.8, 4) is 11.5 Å². The number of nitrogens with zero attached hydrogens (tertiary/aromatic N) is 2. The van der Waals surface area contributed by atoms with E-state index in [2.05, 4.69) is 18.7 Å². The van der Waals surface area contributed by atoms with Crippen LogP contribution >= 0.6 is 0 Å². The van der Waals surface area contributed by atoms with Crippen LogP contribution in [-0.2, 0) is 0 Å². The van der Waals surface area contributed by atoms with Crippen molar-refractivity contribution in [2.45, 2.75) is 39.5 Å². The Kier molecular flexibility index (Phi) is 7.66. The maximum absolute atomic E-state index is 13.8. The van der Waals surface area contributed by atoms with Crippen molar-refractivity contribution >= 4 is 39.9 Å². The van der Waals surface area contributed by atoms with E-state index in [4.69, 9.17) is 9.47 Å². The van der Waals surface area contributed by atoms with E-state index in [-0.39, 0.29) is 5.75 Å². The molecule has 4 aromatic rings. The van der Waals surface area contributed by atoms with Gasteiger partial charge in [0.1, 0.15) is 11.5 Å². The van der Waals surface area contributed by atoms with Crippen molar-refractivity contribution < 1.29 is 23.9 Å². The van der Waals surface area contributed by atoms with E-state index in [9.17, 15) is 14.4 Å². The summed E-state index contributed by atoms with van der Waals surface area (Å²) in [5, 5.41) is 1.21. The fourth-order valence-electron chi connectivity index (χ4n) is 6.02. The summed E-state index contributed by atoms with van der Waals surface area (Å²) in [4.78, 5) is 43.8. The second kappa shape index (κ2) is 11.7. The fourth-order valence-corrected chi connectivity index (χ4v) is 6.02. The number of carbonyl (C=O) groups excluding carboxylic acids is 3. The Morgan fingerprint density at radius 1 is 0.833 bits per heavy atom. The molecule has 1 aliphatic carbocycles. The lowest BCUT2D eigenvalue weighted by molar-refractivity contribution is 0.0732. The zero-order chi connectivity index (χ0) is 29.2. The van der Waals surface area contributed by atoms with Crippen LogP contribution in [0.15, 0.2) is 78.9 Å². The molecule has 0 N–H and O–H groups in total. The van der Waals surface area contributed by atoms with Crippen LogP contribution in [0.5, 0.6) is 11.5 Å². The Bertz CT molecular complexity index is 1640.